The standard InChI is InChI=1S/C14H16N4O/c1-3-13(11-5-4-7-15-9-11)18(2)14(19)12-6-8-16-17-10-12/h4-10,13H,3H2,1-2H3/t13-/m0/s1. The van der Waals surface area contributed by atoms with E-state index in [1.165, 1.54) is 12.4 Å². The fourth-order valence-electron chi connectivity index (χ4n) is 2.07. The van der Waals surface area contributed by atoms with Crippen LogP contribution in [0.15, 0.2) is 43.0 Å². The van der Waals surface area contributed by atoms with Gasteiger partial charge < -0.3 is 4.90 Å². The Morgan fingerprint density at radius 2 is 2.11 bits per heavy atom. The molecule has 5 heteroatoms. The van der Waals surface area contributed by atoms with E-state index in [0.717, 1.165) is 12.0 Å². The van der Waals surface area contributed by atoms with Crippen molar-refractivity contribution in [2.24, 2.45) is 0 Å². The summed E-state index contributed by atoms with van der Waals surface area (Å²) >= 11 is 0. The second kappa shape index (κ2) is 6.04. The van der Waals surface area contributed by atoms with Crippen molar-refractivity contribution in [2.75, 3.05) is 7.05 Å². The van der Waals surface area contributed by atoms with E-state index in [2.05, 4.69) is 15.2 Å². The molecule has 0 spiro atoms. The van der Waals surface area contributed by atoms with E-state index in [9.17, 15) is 4.79 Å². The first-order chi connectivity index (χ1) is 9.24. The highest BCUT2D eigenvalue weighted by Gasteiger charge is 2.21. The molecule has 2 aromatic heterocycles. The third-order valence-corrected chi connectivity index (χ3v) is 3.07. The summed E-state index contributed by atoms with van der Waals surface area (Å²) in [6.07, 6.45) is 7.35. The minimum Gasteiger partial charge on any atom is -0.335 e. The van der Waals surface area contributed by atoms with Gasteiger partial charge in [0.05, 0.1) is 24.0 Å². The lowest BCUT2D eigenvalue weighted by atomic mass is 10.0. The number of pyridine rings is 1. The lowest BCUT2D eigenvalue weighted by Crippen LogP contribution is -2.31. The molecule has 1 amide bonds. The van der Waals surface area contributed by atoms with Crippen molar-refractivity contribution in [1.82, 2.24) is 20.1 Å². The number of carbonyl (C=O) groups is 1. The van der Waals surface area contributed by atoms with Crippen molar-refractivity contribution in [3.8, 4) is 0 Å². The summed E-state index contributed by atoms with van der Waals surface area (Å²) in [7, 11) is 1.80. The van der Waals surface area contributed by atoms with Crippen molar-refractivity contribution < 1.29 is 4.79 Å². The third kappa shape index (κ3) is 2.93. The van der Waals surface area contributed by atoms with Crippen molar-refractivity contribution in [2.45, 2.75) is 19.4 Å². The molecule has 2 rings (SSSR count). The van der Waals surface area contributed by atoms with Gasteiger partial charge in [0.1, 0.15) is 0 Å². The maximum Gasteiger partial charge on any atom is 0.255 e. The van der Waals surface area contributed by atoms with Crippen LogP contribution in [0, 0.1) is 0 Å². The second-order valence-corrected chi connectivity index (χ2v) is 4.26. The highest BCUT2D eigenvalue weighted by molar-refractivity contribution is 5.93. The third-order valence-electron chi connectivity index (χ3n) is 3.07. The number of rotatable bonds is 4. The van der Waals surface area contributed by atoms with Gasteiger partial charge in [-0.3, -0.25) is 9.78 Å². The molecular formula is C14H16N4O. The summed E-state index contributed by atoms with van der Waals surface area (Å²) < 4.78 is 0. The molecule has 1 atom stereocenters. The Morgan fingerprint density at radius 1 is 1.26 bits per heavy atom. The SMILES string of the molecule is CC[C@@H](c1cccnc1)N(C)C(=O)c1ccnnc1. The molecule has 0 radical (unpaired) electrons. The van der Waals surface area contributed by atoms with Crippen LogP contribution in [-0.2, 0) is 0 Å². The predicted octanol–water partition coefficient (Wildman–Crippen LogP) is 2.09. The summed E-state index contributed by atoms with van der Waals surface area (Å²) in [4.78, 5) is 18.2. The van der Waals surface area contributed by atoms with Crippen LogP contribution in [0.4, 0.5) is 0 Å². The first-order valence-electron chi connectivity index (χ1n) is 6.17. The van der Waals surface area contributed by atoms with E-state index < -0.39 is 0 Å². The largest absolute Gasteiger partial charge is 0.335 e. The first-order valence-corrected chi connectivity index (χ1v) is 6.17. The van der Waals surface area contributed by atoms with Crippen LogP contribution in [0.5, 0.6) is 0 Å². The quantitative estimate of drug-likeness (QED) is 0.840. The molecule has 0 unspecified atom stereocenters. The maximum atomic E-state index is 12.4. The number of hydrogen-bond acceptors (Lipinski definition) is 4. The Morgan fingerprint density at radius 3 is 2.68 bits per heavy atom. The second-order valence-electron chi connectivity index (χ2n) is 4.26. The smallest absolute Gasteiger partial charge is 0.255 e. The minimum atomic E-state index is -0.0643. The van der Waals surface area contributed by atoms with Gasteiger partial charge in [-0.15, -0.1) is 0 Å². The zero-order valence-electron chi connectivity index (χ0n) is 11.0. The van der Waals surface area contributed by atoms with E-state index in [1.807, 2.05) is 19.1 Å². The lowest BCUT2D eigenvalue weighted by Gasteiger charge is -2.27. The van der Waals surface area contributed by atoms with E-state index in [0.29, 0.717) is 5.56 Å². The monoisotopic (exact) mass is 256 g/mol. The van der Waals surface area contributed by atoms with Crippen molar-refractivity contribution in [3.63, 3.8) is 0 Å². The number of hydrogen-bond donors (Lipinski definition) is 0. The van der Waals surface area contributed by atoms with Crippen LogP contribution in [0.3, 0.4) is 0 Å². The number of aromatic nitrogens is 3. The molecule has 2 heterocycles. The molecule has 0 aliphatic carbocycles. The predicted molar refractivity (Wildman–Crippen MR) is 71.4 cm³/mol. The molecule has 19 heavy (non-hydrogen) atoms. The average molecular weight is 256 g/mol. The van der Waals surface area contributed by atoms with Gasteiger partial charge in [-0.2, -0.15) is 10.2 Å². The Hall–Kier alpha value is -2.30. The van der Waals surface area contributed by atoms with Crippen LogP contribution in [0.1, 0.15) is 35.3 Å². The first kappa shape index (κ1) is 13.1. The molecule has 0 N–H and O–H groups in total. The molecule has 0 bridgehead atoms. The zero-order chi connectivity index (χ0) is 13.7. The lowest BCUT2D eigenvalue weighted by molar-refractivity contribution is 0.0725. The number of amides is 1. The van der Waals surface area contributed by atoms with Crippen LogP contribution in [0.25, 0.3) is 0 Å². The molecule has 0 aliphatic rings. The zero-order valence-corrected chi connectivity index (χ0v) is 11.0. The summed E-state index contributed by atoms with van der Waals surface area (Å²) in [5, 5.41) is 7.42. The molecule has 98 valence electrons. The van der Waals surface area contributed by atoms with Gasteiger partial charge in [0, 0.05) is 19.4 Å². The van der Waals surface area contributed by atoms with Gasteiger partial charge >= 0.3 is 0 Å². The summed E-state index contributed by atoms with van der Waals surface area (Å²) in [6.45, 7) is 2.05. The van der Waals surface area contributed by atoms with Gasteiger partial charge in [0.2, 0.25) is 0 Å². The Kier molecular flexibility index (Phi) is 4.18. The number of nitrogens with zero attached hydrogens (tertiary/aromatic N) is 4. The molecule has 0 aliphatic heterocycles. The molecule has 0 saturated carbocycles. The Labute approximate surface area is 112 Å². The molecule has 0 aromatic carbocycles. The van der Waals surface area contributed by atoms with Gasteiger partial charge in [-0.05, 0) is 24.1 Å². The van der Waals surface area contributed by atoms with Crippen LogP contribution >= 0.6 is 0 Å². The minimum absolute atomic E-state index is 0.00867. The highest BCUT2D eigenvalue weighted by Crippen LogP contribution is 2.23. The summed E-state index contributed by atoms with van der Waals surface area (Å²) in [6, 6.07) is 5.54. The van der Waals surface area contributed by atoms with Crippen LogP contribution in [0.2, 0.25) is 0 Å². The van der Waals surface area contributed by atoms with Crippen LogP contribution < -0.4 is 0 Å². The highest BCUT2D eigenvalue weighted by atomic mass is 16.2. The maximum absolute atomic E-state index is 12.4. The summed E-state index contributed by atoms with van der Waals surface area (Å²) in [5.41, 5.74) is 1.57. The number of carbonyl (C=O) groups excluding carboxylic acids is 1. The molecular weight excluding hydrogens is 240 g/mol. The van der Waals surface area contributed by atoms with Gasteiger partial charge in [0.25, 0.3) is 5.91 Å². The average Bonchev–Trinajstić information content (AvgIpc) is 2.49. The van der Waals surface area contributed by atoms with E-state index in [4.69, 9.17) is 0 Å². The van der Waals surface area contributed by atoms with E-state index in [-0.39, 0.29) is 11.9 Å². The van der Waals surface area contributed by atoms with Crippen LogP contribution in [-0.4, -0.2) is 33.0 Å². The Bertz CT molecular complexity index is 530. The van der Waals surface area contributed by atoms with Gasteiger partial charge in [0.15, 0.2) is 0 Å². The molecule has 0 fully saturated rings. The fourth-order valence-corrected chi connectivity index (χ4v) is 2.07. The van der Waals surface area contributed by atoms with Gasteiger partial charge in [-0.25, -0.2) is 0 Å². The summed E-state index contributed by atoms with van der Waals surface area (Å²) in [5.74, 6) is -0.0643. The van der Waals surface area contributed by atoms with E-state index >= 15 is 0 Å². The van der Waals surface area contributed by atoms with Crippen molar-refractivity contribution in [3.05, 3.63) is 54.1 Å². The molecule has 2 aromatic rings. The Balaban J connectivity index is 2.22. The molecule has 0 saturated heterocycles. The molecule has 5 nitrogen and oxygen atoms in total. The van der Waals surface area contributed by atoms with E-state index in [1.54, 1.807) is 30.4 Å². The van der Waals surface area contributed by atoms with Crippen molar-refractivity contribution in [1.29, 1.82) is 0 Å². The topological polar surface area (TPSA) is 59.0 Å². The van der Waals surface area contributed by atoms with Crippen molar-refractivity contribution >= 4 is 5.91 Å². The fraction of sp³-hybridized carbons (Fsp3) is 0.286. The normalized spacial score (nSPS) is 11.9. The van der Waals surface area contributed by atoms with Gasteiger partial charge in [-0.1, -0.05) is 13.0 Å².